The van der Waals surface area contributed by atoms with Crippen molar-refractivity contribution in [1.29, 1.82) is 0 Å². The summed E-state index contributed by atoms with van der Waals surface area (Å²) in [5.74, 6) is 0.999. The number of hydrogen-bond donors (Lipinski definition) is 0. The standard InChI is InChI=1S/C19H20N4OS2/c1-3-22-17(16-9-6-12-25-16)20-21-19(22)26-13(2)18(24)23-11-10-14-7-4-5-8-15(14)23/h4-9,12-13H,3,10-11H2,1-2H3. The van der Waals surface area contributed by atoms with Gasteiger partial charge in [0.2, 0.25) is 5.91 Å². The lowest BCUT2D eigenvalue weighted by molar-refractivity contribution is -0.117. The maximum atomic E-state index is 13.0. The van der Waals surface area contributed by atoms with Crippen LogP contribution < -0.4 is 4.90 Å². The summed E-state index contributed by atoms with van der Waals surface area (Å²) >= 11 is 3.13. The first-order valence-corrected chi connectivity index (χ1v) is 10.5. The largest absolute Gasteiger partial charge is 0.311 e. The summed E-state index contributed by atoms with van der Waals surface area (Å²) in [4.78, 5) is 16.0. The second-order valence-electron chi connectivity index (χ2n) is 6.16. The first kappa shape index (κ1) is 17.3. The average molecular weight is 385 g/mol. The van der Waals surface area contributed by atoms with Crippen LogP contribution in [-0.2, 0) is 17.8 Å². The number of carbonyl (C=O) groups excluding carboxylic acids is 1. The van der Waals surface area contributed by atoms with Crippen molar-refractivity contribution in [3.05, 3.63) is 47.3 Å². The van der Waals surface area contributed by atoms with Crippen LogP contribution in [0.4, 0.5) is 5.69 Å². The second-order valence-corrected chi connectivity index (χ2v) is 8.41. The van der Waals surface area contributed by atoms with Crippen LogP contribution in [0.3, 0.4) is 0 Å². The highest BCUT2D eigenvalue weighted by Crippen LogP contribution is 2.33. The Morgan fingerprint density at radius 3 is 2.88 bits per heavy atom. The summed E-state index contributed by atoms with van der Waals surface area (Å²) in [7, 11) is 0. The van der Waals surface area contributed by atoms with Crippen molar-refractivity contribution in [2.75, 3.05) is 11.4 Å². The molecule has 0 fully saturated rings. The third-order valence-corrected chi connectivity index (χ3v) is 6.49. The minimum absolute atomic E-state index is 0.128. The molecular weight excluding hydrogens is 364 g/mol. The van der Waals surface area contributed by atoms with Gasteiger partial charge in [0.05, 0.1) is 10.1 Å². The van der Waals surface area contributed by atoms with E-state index in [0.717, 1.165) is 41.1 Å². The van der Waals surface area contributed by atoms with E-state index in [1.807, 2.05) is 47.5 Å². The molecule has 0 saturated carbocycles. The molecule has 134 valence electrons. The number of rotatable bonds is 5. The number of benzene rings is 1. The Balaban J connectivity index is 1.54. The van der Waals surface area contributed by atoms with Crippen molar-refractivity contribution >= 4 is 34.7 Å². The van der Waals surface area contributed by atoms with Gasteiger partial charge in [0.1, 0.15) is 0 Å². The van der Waals surface area contributed by atoms with Crippen LogP contribution in [0.15, 0.2) is 46.9 Å². The van der Waals surface area contributed by atoms with Gasteiger partial charge in [0, 0.05) is 18.8 Å². The number of fused-ring (bicyclic) bond motifs is 1. The number of thiophene rings is 1. The number of nitrogens with zero attached hydrogens (tertiary/aromatic N) is 4. The van der Waals surface area contributed by atoms with Crippen LogP contribution in [0.5, 0.6) is 0 Å². The third-order valence-electron chi connectivity index (χ3n) is 4.56. The molecule has 1 unspecified atom stereocenters. The fourth-order valence-corrected chi connectivity index (χ4v) is 4.94. The van der Waals surface area contributed by atoms with Crippen LogP contribution in [-0.4, -0.2) is 32.5 Å². The van der Waals surface area contributed by atoms with Gasteiger partial charge >= 0.3 is 0 Å². The quantitative estimate of drug-likeness (QED) is 0.622. The monoisotopic (exact) mass is 384 g/mol. The van der Waals surface area contributed by atoms with Gasteiger partial charge in [-0.3, -0.25) is 4.79 Å². The highest BCUT2D eigenvalue weighted by atomic mass is 32.2. The number of para-hydroxylation sites is 1. The predicted molar refractivity (Wildman–Crippen MR) is 107 cm³/mol. The molecule has 1 aliphatic heterocycles. The van der Waals surface area contributed by atoms with Crippen molar-refractivity contribution in [1.82, 2.24) is 14.8 Å². The fraction of sp³-hybridized carbons (Fsp3) is 0.316. The number of carbonyl (C=O) groups is 1. The Morgan fingerprint density at radius 2 is 2.12 bits per heavy atom. The van der Waals surface area contributed by atoms with Crippen LogP contribution in [0.2, 0.25) is 0 Å². The second kappa shape index (κ2) is 7.25. The molecule has 26 heavy (non-hydrogen) atoms. The molecule has 3 aromatic rings. The van der Waals surface area contributed by atoms with Gasteiger partial charge in [-0.15, -0.1) is 21.5 Å². The zero-order valence-electron chi connectivity index (χ0n) is 14.8. The number of hydrogen-bond acceptors (Lipinski definition) is 5. The molecule has 0 bridgehead atoms. The van der Waals surface area contributed by atoms with E-state index < -0.39 is 0 Å². The summed E-state index contributed by atoms with van der Waals surface area (Å²) in [6.07, 6.45) is 0.924. The maximum Gasteiger partial charge on any atom is 0.240 e. The maximum absolute atomic E-state index is 13.0. The fourth-order valence-electron chi connectivity index (χ4n) is 3.24. The van der Waals surface area contributed by atoms with E-state index in [9.17, 15) is 4.79 Å². The molecule has 4 rings (SSSR count). The van der Waals surface area contributed by atoms with Gasteiger partial charge in [-0.25, -0.2) is 0 Å². The number of thioether (sulfide) groups is 1. The van der Waals surface area contributed by atoms with Crippen LogP contribution >= 0.6 is 23.1 Å². The lowest BCUT2D eigenvalue weighted by Crippen LogP contribution is -2.35. The molecule has 0 saturated heterocycles. The number of anilines is 1. The SMILES string of the molecule is CCn1c(SC(C)C(=O)N2CCc3ccccc32)nnc1-c1cccs1. The normalized spacial score (nSPS) is 14.5. The van der Waals surface area contributed by atoms with E-state index >= 15 is 0 Å². The molecule has 1 amide bonds. The zero-order valence-corrected chi connectivity index (χ0v) is 16.4. The Kier molecular flexibility index (Phi) is 4.82. The van der Waals surface area contributed by atoms with E-state index in [-0.39, 0.29) is 11.2 Å². The molecule has 1 aromatic carbocycles. The van der Waals surface area contributed by atoms with E-state index in [1.165, 1.54) is 17.3 Å². The van der Waals surface area contributed by atoms with E-state index in [0.29, 0.717) is 0 Å². The Morgan fingerprint density at radius 1 is 1.27 bits per heavy atom. The minimum Gasteiger partial charge on any atom is -0.311 e. The molecule has 2 aromatic heterocycles. The summed E-state index contributed by atoms with van der Waals surface area (Å²) in [5, 5.41) is 11.3. The zero-order chi connectivity index (χ0) is 18.1. The van der Waals surface area contributed by atoms with Crippen LogP contribution in [0.1, 0.15) is 19.4 Å². The molecular formula is C19H20N4OS2. The summed E-state index contributed by atoms with van der Waals surface area (Å²) in [5.41, 5.74) is 2.29. The topological polar surface area (TPSA) is 51.0 Å². The van der Waals surface area contributed by atoms with Gasteiger partial charge in [-0.2, -0.15) is 0 Å². The molecule has 7 heteroatoms. The van der Waals surface area contributed by atoms with Crippen LogP contribution in [0.25, 0.3) is 10.7 Å². The van der Waals surface area contributed by atoms with Crippen molar-refractivity contribution in [3.63, 3.8) is 0 Å². The number of amides is 1. The highest BCUT2D eigenvalue weighted by molar-refractivity contribution is 8.00. The molecule has 3 heterocycles. The van der Waals surface area contributed by atoms with Gasteiger partial charge in [0.25, 0.3) is 0 Å². The Hall–Kier alpha value is -2.12. The van der Waals surface area contributed by atoms with Gasteiger partial charge in [-0.05, 0) is 43.3 Å². The number of aromatic nitrogens is 3. The molecule has 5 nitrogen and oxygen atoms in total. The van der Waals surface area contributed by atoms with Gasteiger partial charge in [0.15, 0.2) is 11.0 Å². The van der Waals surface area contributed by atoms with Crippen molar-refractivity contribution in [2.45, 2.75) is 37.2 Å². The average Bonchev–Trinajstić information content (AvgIpc) is 3.39. The lowest BCUT2D eigenvalue weighted by atomic mass is 10.2. The van der Waals surface area contributed by atoms with Crippen molar-refractivity contribution in [2.24, 2.45) is 0 Å². The van der Waals surface area contributed by atoms with E-state index in [2.05, 4.69) is 27.8 Å². The van der Waals surface area contributed by atoms with Crippen molar-refractivity contribution < 1.29 is 4.79 Å². The third kappa shape index (κ3) is 3.05. The summed E-state index contributed by atoms with van der Waals surface area (Å²) in [6.45, 7) is 5.56. The Labute approximate surface area is 161 Å². The molecule has 1 aliphatic rings. The van der Waals surface area contributed by atoms with Gasteiger partial charge in [-0.1, -0.05) is 36.0 Å². The molecule has 0 N–H and O–H groups in total. The smallest absolute Gasteiger partial charge is 0.240 e. The van der Waals surface area contributed by atoms with Crippen LogP contribution in [0, 0.1) is 0 Å². The first-order chi connectivity index (χ1) is 12.7. The molecule has 0 radical (unpaired) electrons. The predicted octanol–water partition coefficient (Wildman–Crippen LogP) is 4.10. The van der Waals surface area contributed by atoms with E-state index in [4.69, 9.17) is 0 Å². The van der Waals surface area contributed by atoms with Gasteiger partial charge < -0.3 is 9.47 Å². The van der Waals surface area contributed by atoms with E-state index in [1.54, 1.807) is 11.3 Å². The highest BCUT2D eigenvalue weighted by Gasteiger charge is 2.29. The summed E-state index contributed by atoms with van der Waals surface area (Å²) in [6, 6.07) is 12.2. The summed E-state index contributed by atoms with van der Waals surface area (Å²) < 4.78 is 2.08. The Bertz CT molecular complexity index is 920. The molecule has 0 aliphatic carbocycles. The molecule has 1 atom stereocenters. The molecule has 0 spiro atoms. The lowest BCUT2D eigenvalue weighted by Gasteiger charge is -2.21. The minimum atomic E-state index is -0.216. The van der Waals surface area contributed by atoms with Crippen molar-refractivity contribution in [3.8, 4) is 10.7 Å². The first-order valence-electron chi connectivity index (χ1n) is 8.72.